The highest BCUT2D eigenvalue weighted by atomic mass is 19.1. The van der Waals surface area contributed by atoms with Gasteiger partial charge in [0.25, 0.3) is 5.91 Å². The molecule has 0 spiro atoms. The lowest BCUT2D eigenvalue weighted by Gasteiger charge is -2.17. The van der Waals surface area contributed by atoms with Gasteiger partial charge in [-0.3, -0.25) is 9.48 Å². The molecule has 0 bridgehead atoms. The van der Waals surface area contributed by atoms with Gasteiger partial charge in [0, 0.05) is 44.5 Å². The number of carbonyl (C=O) groups is 1. The minimum Gasteiger partial charge on any atom is -0.490 e. The van der Waals surface area contributed by atoms with Crippen LogP contribution in [-0.4, -0.2) is 71.6 Å². The van der Waals surface area contributed by atoms with E-state index in [1.165, 1.54) is 12.8 Å². The maximum atomic E-state index is 15.6. The predicted octanol–water partition coefficient (Wildman–Crippen LogP) is 3.38. The number of likely N-dealkylation sites (tertiary alicyclic amines) is 1. The molecule has 3 heterocycles. The molecule has 0 aliphatic carbocycles. The Kier molecular flexibility index (Phi) is 8.36. The maximum Gasteiger partial charge on any atom is 0.278 e. The van der Waals surface area contributed by atoms with Crippen LogP contribution >= 0.6 is 0 Å². The molecule has 1 aromatic heterocycles. The number of aryl methyl sites for hydroxylation is 1. The number of amides is 1. The molecule has 38 heavy (non-hydrogen) atoms. The Labute approximate surface area is 223 Å². The van der Waals surface area contributed by atoms with E-state index in [-0.39, 0.29) is 24.1 Å². The van der Waals surface area contributed by atoms with Crippen molar-refractivity contribution in [1.29, 1.82) is 0 Å². The van der Waals surface area contributed by atoms with Gasteiger partial charge < -0.3 is 25.0 Å². The number of fused-ring (bicyclic) bond motifs is 1. The van der Waals surface area contributed by atoms with E-state index < -0.39 is 0 Å². The van der Waals surface area contributed by atoms with Crippen molar-refractivity contribution in [2.24, 2.45) is 7.05 Å². The average molecular weight is 522 g/mol. The van der Waals surface area contributed by atoms with Gasteiger partial charge in [-0.15, -0.1) is 0 Å². The monoisotopic (exact) mass is 521 g/mol. The number of aliphatic hydroxyl groups excluding tert-OH is 1. The third-order valence-corrected chi connectivity index (χ3v) is 7.39. The Morgan fingerprint density at radius 2 is 1.92 bits per heavy atom. The molecule has 0 radical (unpaired) electrons. The number of aromatic nitrogens is 2. The molecular formula is C29H36FN5O3. The van der Waals surface area contributed by atoms with Gasteiger partial charge >= 0.3 is 0 Å². The third kappa shape index (κ3) is 5.60. The van der Waals surface area contributed by atoms with Crippen LogP contribution in [0.4, 0.5) is 10.1 Å². The fourth-order valence-electron chi connectivity index (χ4n) is 5.41. The smallest absolute Gasteiger partial charge is 0.278 e. The second-order valence-corrected chi connectivity index (χ2v) is 9.92. The van der Waals surface area contributed by atoms with Crippen molar-refractivity contribution in [3.63, 3.8) is 0 Å². The van der Waals surface area contributed by atoms with Crippen molar-refractivity contribution in [2.75, 3.05) is 50.8 Å². The molecule has 2 aliphatic heterocycles. The molecule has 0 saturated carbocycles. The van der Waals surface area contributed by atoms with Crippen LogP contribution in [0.1, 0.15) is 41.0 Å². The lowest BCUT2D eigenvalue weighted by atomic mass is 9.97. The number of nitrogens with zero attached hydrogens (tertiary/aromatic N) is 4. The number of anilines is 1. The van der Waals surface area contributed by atoms with Crippen molar-refractivity contribution >= 4 is 11.6 Å². The first kappa shape index (κ1) is 26.3. The summed E-state index contributed by atoms with van der Waals surface area (Å²) in [6.07, 6.45) is 4.02. The SMILES string of the molecule is Cn1nc(C(=O)N2CCc3c(-c4cccc(OCCCN5CCCC5)c4F)cccc32)cc1CNCCO. The number of rotatable bonds is 11. The van der Waals surface area contributed by atoms with E-state index in [2.05, 4.69) is 15.3 Å². The molecule has 8 nitrogen and oxygen atoms in total. The summed E-state index contributed by atoms with van der Waals surface area (Å²) < 4.78 is 23.1. The Hall–Kier alpha value is -3.27. The summed E-state index contributed by atoms with van der Waals surface area (Å²) in [5, 5.41) is 16.5. The van der Waals surface area contributed by atoms with Gasteiger partial charge in [-0.1, -0.05) is 24.3 Å². The van der Waals surface area contributed by atoms with E-state index in [4.69, 9.17) is 9.84 Å². The van der Waals surface area contributed by atoms with Crippen LogP contribution in [0.25, 0.3) is 11.1 Å². The highest BCUT2D eigenvalue weighted by molar-refractivity contribution is 6.06. The molecule has 0 atom stereocenters. The van der Waals surface area contributed by atoms with Crippen LogP contribution in [0.15, 0.2) is 42.5 Å². The van der Waals surface area contributed by atoms with Crippen molar-refractivity contribution < 1.29 is 19.0 Å². The highest BCUT2D eigenvalue weighted by Gasteiger charge is 2.30. The first-order chi connectivity index (χ1) is 18.6. The number of carbonyl (C=O) groups excluding carboxylic acids is 1. The zero-order valence-corrected chi connectivity index (χ0v) is 22.0. The summed E-state index contributed by atoms with van der Waals surface area (Å²) in [4.78, 5) is 17.6. The largest absolute Gasteiger partial charge is 0.490 e. The summed E-state index contributed by atoms with van der Waals surface area (Å²) in [5.41, 5.74) is 4.23. The van der Waals surface area contributed by atoms with Gasteiger partial charge in [-0.25, -0.2) is 4.39 Å². The van der Waals surface area contributed by atoms with E-state index in [0.29, 0.717) is 43.9 Å². The van der Waals surface area contributed by atoms with Gasteiger partial charge in [-0.2, -0.15) is 5.10 Å². The van der Waals surface area contributed by atoms with Gasteiger partial charge in [0.1, 0.15) is 0 Å². The first-order valence-electron chi connectivity index (χ1n) is 13.5. The molecule has 1 amide bonds. The quantitative estimate of drug-likeness (QED) is 0.377. The fourth-order valence-corrected chi connectivity index (χ4v) is 5.41. The Bertz CT molecular complexity index is 1270. The van der Waals surface area contributed by atoms with Crippen LogP contribution in [0.2, 0.25) is 0 Å². The number of ether oxygens (including phenoxy) is 1. The van der Waals surface area contributed by atoms with E-state index in [1.54, 1.807) is 34.8 Å². The molecule has 1 fully saturated rings. The molecule has 9 heteroatoms. The van der Waals surface area contributed by atoms with Gasteiger partial charge in [0.2, 0.25) is 0 Å². The molecule has 2 aromatic carbocycles. The van der Waals surface area contributed by atoms with Crippen molar-refractivity contribution in [2.45, 2.75) is 32.2 Å². The minimum absolute atomic E-state index is 0.0465. The van der Waals surface area contributed by atoms with Crippen LogP contribution < -0.4 is 15.0 Å². The third-order valence-electron chi connectivity index (χ3n) is 7.39. The normalized spacial score (nSPS) is 15.3. The van der Waals surface area contributed by atoms with Gasteiger partial charge in [0.15, 0.2) is 17.3 Å². The Morgan fingerprint density at radius 1 is 1.13 bits per heavy atom. The first-order valence-corrected chi connectivity index (χ1v) is 13.5. The van der Waals surface area contributed by atoms with E-state index in [0.717, 1.165) is 48.6 Å². The number of nitrogens with one attached hydrogen (secondary N) is 1. The van der Waals surface area contributed by atoms with E-state index in [1.807, 2.05) is 24.3 Å². The predicted molar refractivity (Wildman–Crippen MR) is 145 cm³/mol. The Balaban J connectivity index is 1.31. The summed E-state index contributed by atoms with van der Waals surface area (Å²) in [6, 6.07) is 12.7. The number of halogens is 1. The molecular weight excluding hydrogens is 485 g/mol. The highest BCUT2D eigenvalue weighted by Crippen LogP contribution is 2.39. The summed E-state index contributed by atoms with van der Waals surface area (Å²) >= 11 is 0. The van der Waals surface area contributed by atoms with Crippen LogP contribution in [-0.2, 0) is 20.0 Å². The molecule has 2 aliphatic rings. The second kappa shape index (κ2) is 12.1. The number of hydrogen-bond donors (Lipinski definition) is 2. The zero-order valence-electron chi connectivity index (χ0n) is 22.0. The van der Waals surface area contributed by atoms with Crippen LogP contribution in [0, 0.1) is 5.82 Å². The standard InChI is InChI=1S/C29H36FN5O3/c1-33-21(20-31-12-17-36)19-25(32-33)29(37)35-16-11-23-22(7-4-9-26(23)35)24-8-5-10-27(28(24)30)38-18-6-15-34-13-2-3-14-34/h4-5,7-10,19,31,36H,2-3,6,11-18,20H2,1H3. The second-order valence-electron chi connectivity index (χ2n) is 9.92. The Morgan fingerprint density at radius 3 is 2.74 bits per heavy atom. The molecule has 3 aromatic rings. The summed E-state index contributed by atoms with van der Waals surface area (Å²) in [7, 11) is 1.80. The van der Waals surface area contributed by atoms with Crippen LogP contribution in [0.3, 0.4) is 0 Å². The number of benzene rings is 2. The van der Waals surface area contributed by atoms with E-state index in [9.17, 15) is 4.79 Å². The minimum atomic E-state index is -0.364. The lowest BCUT2D eigenvalue weighted by molar-refractivity contribution is 0.0984. The molecule has 5 rings (SSSR count). The average Bonchev–Trinajstić information content (AvgIpc) is 3.68. The van der Waals surface area contributed by atoms with Crippen molar-refractivity contribution in [3.8, 4) is 16.9 Å². The van der Waals surface area contributed by atoms with Crippen LogP contribution in [0.5, 0.6) is 5.75 Å². The van der Waals surface area contributed by atoms with E-state index >= 15 is 4.39 Å². The van der Waals surface area contributed by atoms with Crippen molar-refractivity contribution in [1.82, 2.24) is 20.0 Å². The molecule has 2 N–H and O–H groups in total. The van der Waals surface area contributed by atoms with Gasteiger partial charge in [-0.05, 0) is 68.1 Å². The molecule has 1 saturated heterocycles. The maximum absolute atomic E-state index is 15.6. The topological polar surface area (TPSA) is 82.9 Å². The van der Waals surface area contributed by atoms with Crippen molar-refractivity contribution in [3.05, 3.63) is 65.2 Å². The summed E-state index contributed by atoms with van der Waals surface area (Å²) in [5.74, 6) is -0.277. The zero-order chi connectivity index (χ0) is 26.5. The molecule has 0 unspecified atom stereocenters. The van der Waals surface area contributed by atoms with Gasteiger partial charge in [0.05, 0.1) is 18.9 Å². The summed E-state index contributed by atoms with van der Waals surface area (Å²) in [6.45, 7) is 5.28. The number of hydrogen-bond acceptors (Lipinski definition) is 6. The molecule has 202 valence electrons. The number of aliphatic hydroxyl groups is 1. The fraction of sp³-hybridized carbons (Fsp3) is 0.448. The lowest BCUT2D eigenvalue weighted by Crippen LogP contribution is -2.29.